The molecule has 1 atom stereocenters. The molecule has 0 aromatic heterocycles. The fourth-order valence-electron chi connectivity index (χ4n) is 2.08. The molecule has 1 heterocycles. The molecule has 1 aliphatic rings. The summed E-state index contributed by atoms with van der Waals surface area (Å²) in [7, 11) is 1.78. The van der Waals surface area contributed by atoms with Crippen molar-refractivity contribution >= 4 is 17.6 Å². The Labute approximate surface area is 125 Å². The lowest BCUT2D eigenvalue weighted by atomic mass is 9.89. The second-order valence-corrected chi connectivity index (χ2v) is 6.08. The number of ether oxygens (including phenoxy) is 1. The van der Waals surface area contributed by atoms with E-state index in [-0.39, 0.29) is 11.5 Å². The van der Waals surface area contributed by atoms with E-state index < -0.39 is 0 Å². The van der Waals surface area contributed by atoms with Gasteiger partial charge in [-0.15, -0.1) is 0 Å². The Morgan fingerprint density at radius 1 is 1.40 bits per heavy atom. The van der Waals surface area contributed by atoms with Crippen LogP contribution < -0.4 is 10.6 Å². The monoisotopic (exact) mass is 295 g/mol. The van der Waals surface area contributed by atoms with Crippen molar-refractivity contribution in [2.24, 2.45) is 10.4 Å². The summed E-state index contributed by atoms with van der Waals surface area (Å²) in [5.74, 6) is 0.806. The first kappa shape index (κ1) is 15.1. The van der Waals surface area contributed by atoms with Gasteiger partial charge < -0.3 is 15.4 Å². The maximum atomic E-state index is 5.90. The highest BCUT2D eigenvalue weighted by Gasteiger charge is 2.33. The van der Waals surface area contributed by atoms with Crippen LogP contribution in [0.4, 0.5) is 0 Å². The van der Waals surface area contributed by atoms with Gasteiger partial charge in [0.25, 0.3) is 0 Å². The maximum absolute atomic E-state index is 5.90. The molecule has 0 spiro atoms. The van der Waals surface area contributed by atoms with E-state index in [1.807, 2.05) is 24.3 Å². The standard InChI is InChI=1S/C15H22ClN3O/c1-11(12-4-6-13(16)7-5-12)19-14(17-3)18-8-15(2)9-20-10-15/h4-7,11H,8-10H2,1-3H3,(H2,17,18,19). The molecule has 0 bridgehead atoms. The number of guanidine groups is 1. The summed E-state index contributed by atoms with van der Waals surface area (Å²) < 4.78 is 5.25. The van der Waals surface area contributed by atoms with Gasteiger partial charge in [-0.2, -0.15) is 0 Å². The molecule has 0 aliphatic carbocycles. The Bertz CT molecular complexity index is 469. The van der Waals surface area contributed by atoms with Crippen molar-refractivity contribution in [3.05, 3.63) is 34.9 Å². The Morgan fingerprint density at radius 3 is 2.55 bits per heavy atom. The molecule has 4 nitrogen and oxygen atoms in total. The Kier molecular flexibility index (Phi) is 4.89. The number of nitrogens with one attached hydrogen (secondary N) is 2. The van der Waals surface area contributed by atoms with Gasteiger partial charge >= 0.3 is 0 Å². The lowest BCUT2D eigenvalue weighted by molar-refractivity contribution is -0.0971. The van der Waals surface area contributed by atoms with Crippen LogP contribution in [0.3, 0.4) is 0 Å². The largest absolute Gasteiger partial charge is 0.380 e. The molecule has 1 unspecified atom stereocenters. The van der Waals surface area contributed by atoms with Crippen LogP contribution in [0, 0.1) is 5.41 Å². The van der Waals surface area contributed by atoms with Crippen molar-refractivity contribution in [3.63, 3.8) is 0 Å². The summed E-state index contributed by atoms with van der Waals surface area (Å²) in [6.45, 7) is 6.79. The van der Waals surface area contributed by atoms with Gasteiger partial charge in [-0.1, -0.05) is 30.7 Å². The van der Waals surface area contributed by atoms with E-state index in [4.69, 9.17) is 16.3 Å². The van der Waals surface area contributed by atoms with E-state index >= 15 is 0 Å². The predicted molar refractivity (Wildman–Crippen MR) is 83.3 cm³/mol. The molecular weight excluding hydrogens is 274 g/mol. The van der Waals surface area contributed by atoms with Crippen LogP contribution >= 0.6 is 11.6 Å². The van der Waals surface area contributed by atoms with Crippen LogP contribution in [0.5, 0.6) is 0 Å². The fourth-order valence-corrected chi connectivity index (χ4v) is 2.21. The summed E-state index contributed by atoms with van der Waals surface area (Å²) >= 11 is 5.90. The Hall–Kier alpha value is -1.26. The third kappa shape index (κ3) is 3.87. The van der Waals surface area contributed by atoms with Crippen molar-refractivity contribution in [1.82, 2.24) is 10.6 Å². The van der Waals surface area contributed by atoms with Gasteiger partial charge in [-0.05, 0) is 24.6 Å². The van der Waals surface area contributed by atoms with Gasteiger partial charge in [-0.25, -0.2) is 0 Å². The summed E-state index contributed by atoms with van der Waals surface area (Å²) in [5.41, 5.74) is 1.40. The highest BCUT2D eigenvalue weighted by Crippen LogP contribution is 2.25. The summed E-state index contributed by atoms with van der Waals surface area (Å²) in [5, 5.41) is 7.49. The number of halogens is 1. The third-order valence-corrected chi connectivity index (χ3v) is 3.78. The molecule has 0 amide bonds. The quantitative estimate of drug-likeness (QED) is 0.663. The topological polar surface area (TPSA) is 45.7 Å². The normalized spacial score (nSPS) is 19.1. The van der Waals surface area contributed by atoms with Crippen LogP contribution in [0.2, 0.25) is 5.02 Å². The molecule has 1 aromatic rings. The Balaban J connectivity index is 1.87. The molecule has 2 rings (SSSR count). The van der Waals surface area contributed by atoms with Crippen molar-refractivity contribution in [3.8, 4) is 0 Å². The van der Waals surface area contributed by atoms with Crippen LogP contribution in [-0.2, 0) is 4.74 Å². The molecule has 1 aromatic carbocycles. The molecule has 20 heavy (non-hydrogen) atoms. The number of benzene rings is 1. The average molecular weight is 296 g/mol. The lowest BCUT2D eigenvalue weighted by Gasteiger charge is -2.38. The molecule has 1 aliphatic heterocycles. The maximum Gasteiger partial charge on any atom is 0.191 e. The highest BCUT2D eigenvalue weighted by molar-refractivity contribution is 6.30. The van der Waals surface area contributed by atoms with Gasteiger partial charge in [0, 0.05) is 24.0 Å². The zero-order valence-electron chi connectivity index (χ0n) is 12.2. The molecule has 2 N–H and O–H groups in total. The van der Waals surface area contributed by atoms with E-state index in [9.17, 15) is 0 Å². The van der Waals surface area contributed by atoms with Gasteiger partial charge in [-0.3, -0.25) is 4.99 Å². The van der Waals surface area contributed by atoms with Gasteiger partial charge in [0.1, 0.15) is 0 Å². The average Bonchev–Trinajstić information content (AvgIpc) is 2.41. The van der Waals surface area contributed by atoms with E-state index in [1.165, 1.54) is 5.56 Å². The first-order chi connectivity index (χ1) is 9.52. The van der Waals surface area contributed by atoms with Gasteiger partial charge in [0.15, 0.2) is 5.96 Å². The summed E-state index contributed by atoms with van der Waals surface area (Å²) in [4.78, 5) is 4.26. The molecule has 5 heteroatoms. The summed E-state index contributed by atoms with van der Waals surface area (Å²) in [6.07, 6.45) is 0. The fraction of sp³-hybridized carbons (Fsp3) is 0.533. The van der Waals surface area contributed by atoms with Crippen molar-refractivity contribution in [2.75, 3.05) is 26.8 Å². The number of aliphatic imine (C=N–C) groups is 1. The number of hydrogen-bond acceptors (Lipinski definition) is 2. The minimum Gasteiger partial charge on any atom is -0.380 e. The predicted octanol–water partition coefficient (Wildman–Crippen LogP) is 2.60. The smallest absolute Gasteiger partial charge is 0.191 e. The van der Waals surface area contributed by atoms with Crippen LogP contribution in [0.15, 0.2) is 29.3 Å². The molecule has 0 radical (unpaired) electrons. The zero-order valence-corrected chi connectivity index (χ0v) is 13.0. The van der Waals surface area contributed by atoms with E-state index in [0.717, 1.165) is 30.7 Å². The van der Waals surface area contributed by atoms with Crippen LogP contribution in [-0.4, -0.2) is 32.8 Å². The molecule has 1 fully saturated rings. The van der Waals surface area contributed by atoms with Crippen molar-refractivity contribution in [1.29, 1.82) is 0 Å². The van der Waals surface area contributed by atoms with Crippen molar-refractivity contribution in [2.45, 2.75) is 19.9 Å². The lowest BCUT2D eigenvalue weighted by Crippen LogP contribution is -2.51. The number of nitrogens with zero attached hydrogens (tertiary/aromatic N) is 1. The van der Waals surface area contributed by atoms with E-state index in [2.05, 4.69) is 29.5 Å². The van der Waals surface area contributed by atoms with Crippen LogP contribution in [0.1, 0.15) is 25.5 Å². The minimum atomic E-state index is 0.170. The molecule has 1 saturated heterocycles. The first-order valence-electron chi connectivity index (χ1n) is 6.83. The van der Waals surface area contributed by atoms with Gasteiger partial charge in [0.05, 0.1) is 19.3 Å². The number of rotatable bonds is 4. The van der Waals surface area contributed by atoms with Crippen LogP contribution in [0.25, 0.3) is 0 Å². The summed E-state index contributed by atoms with van der Waals surface area (Å²) in [6, 6.07) is 8.02. The SMILES string of the molecule is CN=C(NCC1(C)COC1)NC(C)c1ccc(Cl)cc1. The second kappa shape index (κ2) is 6.46. The molecule has 0 saturated carbocycles. The number of hydrogen-bond donors (Lipinski definition) is 2. The highest BCUT2D eigenvalue weighted by atomic mass is 35.5. The van der Waals surface area contributed by atoms with Crippen molar-refractivity contribution < 1.29 is 4.74 Å². The third-order valence-electron chi connectivity index (χ3n) is 3.53. The van der Waals surface area contributed by atoms with E-state index in [1.54, 1.807) is 7.05 Å². The first-order valence-corrected chi connectivity index (χ1v) is 7.21. The Morgan fingerprint density at radius 2 is 2.05 bits per heavy atom. The second-order valence-electron chi connectivity index (χ2n) is 5.65. The van der Waals surface area contributed by atoms with Gasteiger partial charge in [0.2, 0.25) is 0 Å². The minimum absolute atomic E-state index is 0.170. The molecular formula is C15H22ClN3O. The molecule has 110 valence electrons. The van der Waals surface area contributed by atoms with E-state index in [0.29, 0.717) is 0 Å². The zero-order chi connectivity index (χ0) is 14.6.